The van der Waals surface area contributed by atoms with Crippen molar-refractivity contribution in [2.75, 3.05) is 33.3 Å². The van der Waals surface area contributed by atoms with Crippen molar-refractivity contribution in [3.63, 3.8) is 0 Å². The first-order valence-corrected chi connectivity index (χ1v) is 8.75. The molecule has 6 nitrogen and oxygen atoms in total. The highest BCUT2D eigenvalue weighted by Crippen LogP contribution is 2.18. The van der Waals surface area contributed by atoms with Gasteiger partial charge in [-0.25, -0.2) is 0 Å². The van der Waals surface area contributed by atoms with E-state index in [2.05, 4.69) is 5.32 Å². The van der Waals surface area contributed by atoms with Crippen molar-refractivity contribution in [2.24, 2.45) is 11.1 Å². The molecule has 2 amide bonds. The molecule has 0 bridgehead atoms. The standard InChI is InChI=1S/C19H31N3O3/c1-5-25-16-10-7-6-9-15(16)18(24)21-12-8-11-17(23)22(4)14-19(2,3)13-20/h6-7,9-10H,5,8,11-14,20H2,1-4H3,(H,21,24). The highest BCUT2D eigenvalue weighted by Gasteiger charge is 2.20. The van der Waals surface area contributed by atoms with Gasteiger partial charge in [0.25, 0.3) is 5.91 Å². The molecular formula is C19H31N3O3. The third-order valence-electron chi connectivity index (χ3n) is 3.93. The molecule has 0 saturated heterocycles. The highest BCUT2D eigenvalue weighted by molar-refractivity contribution is 5.96. The first kappa shape index (κ1) is 21.0. The number of nitrogens with two attached hydrogens (primary N) is 1. The number of rotatable bonds is 10. The number of nitrogens with zero attached hydrogens (tertiary/aromatic N) is 1. The summed E-state index contributed by atoms with van der Waals surface area (Å²) in [6.07, 6.45) is 0.985. The summed E-state index contributed by atoms with van der Waals surface area (Å²) < 4.78 is 5.46. The van der Waals surface area contributed by atoms with Gasteiger partial charge in [0, 0.05) is 26.6 Å². The maximum atomic E-state index is 12.2. The zero-order valence-corrected chi connectivity index (χ0v) is 15.8. The topological polar surface area (TPSA) is 84.7 Å². The lowest BCUT2D eigenvalue weighted by atomic mass is 9.93. The number of carbonyl (C=O) groups is 2. The molecule has 6 heteroatoms. The third-order valence-corrected chi connectivity index (χ3v) is 3.93. The summed E-state index contributed by atoms with van der Waals surface area (Å²) in [5.74, 6) is 0.446. The minimum atomic E-state index is -0.186. The van der Waals surface area contributed by atoms with E-state index in [0.717, 1.165) is 0 Å². The van der Waals surface area contributed by atoms with Crippen molar-refractivity contribution in [1.82, 2.24) is 10.2 Å². The van der Waals surface area contributed by atoms with Crippen molar-refractivity contribution < 1.29 is 14.3 Å². The predicted octanol–water partition coefficient (Wildman–Crippen LogP) is 2.04. The first-order valence-electron chi connectivity index (χ1n) is 8.75. The smallest absolute Gasteiger partial charge is 0.255 e. The fourth-order valence-electron chi connectivity index (χ4n) is 2.46. The molecule has 0 spiro atoms. The van der Waals surface area contributed by atoms with Gasteiger partial charge >= 0.3 is 0 Å². The van der Waals surface area contributed by atoms with E-state index < -0.39 is 0 Å². The second-order valence-corrected chi connectivity index (χ2v) is 6.91. The van der Waals surface area contributed by atoms with Gasteiger partial charge in [-0.1, -0.05) is 26.0 Å². The zero-order valence-electron chi connectivity index (χ0n) is 15.8. The van der Waals surface area contributed by atoms with Crippen LogP contribution in [0.3, 0.4) is 0 Å². The van der Waals surface area contributed by atoms with Gasteiger partial charge in [-0.3, -0.25) is 9.59 Å². The molecule has 0 atom stereocenters. The summed E-state index contributed by atoms with van der Waals surface area (Å²) in [6, 6.07) is 7.14. The predicted molar refractivity (Wildman–Crippen MR) is 99.7 cm³/mol. The number of benzene rings is 1. The average Bonchev–Trinajstić information content (AvgIpc) is 2.58. The lowest BCUT2D eigenvalue weighted by Gasteiger charge is -2.29. The number of para-hydroxylation sites is 1. The molecular weight excluding hydrogens is 318 g/mol. The van der Waals surface area contributed by atoms with E-state index in [9.17, 15) is 9.59 Å². The second-order valence-electron chi connectivity index (χ2n) is 6.91. The summed E-state index contributed by atoms with van der Waals surface area (Å²) >= 11 is 0. The second kappa shape index (κ2) is 10.0. The van der Waals surface area contributed by atoms with Crippen LogP contribution in [0.25, 0.3) is 0 Å². The minimum Gasteiger partial charge on any atom is -0.493 e. The molecule has 0 unspecified atom stereocenters. The summed E-state index contributed by atoms with van der Waals surface area (Å²) in [5.41, 5.74) is 6.12. The Balaban J connectivity index is 2.40. The van der Waals surface area contributed by atoms with Crippen LogP contribution in [0.15, 0.2) is 24.3 Å². The van der Waals surface area contributed by atoms with Crippen LogP contribution >= 0.6 is 0 Å². The Morgan fingerprint density at radius 1 is 1.28 bits per heavy atom. The van der Waals surface area contributed by atoms with E-state index in [0.29, 0.717) is 50.4 Å². The number of amides is 2. The Labute approximate surface area is 150 Å². The summed E-state index contributed by atoms with van der Waals surface area (Å²) in [5, 5.41) is 2.84. The van der Waals surface area contributed by atoms with Gasteiger partial charge in [0.15, 0.2) is 0 Å². The largest absolute Gasteiger partial charge is 0.493 e. The molecule has 0 aliphatic rings. The normalized spacial score (nSPS) is 11.1. The summed E-state index contributed by atoms with van der Waals surface area (Å²) in [4.78, 5) is 26.1. The van der Waals surface area contributed by atoms with E-state index in [1.807, 2.05) is 26.8 Å². The van der Waals surface area contributed by atoms with E-state index >= 15 is 0 Å². The van der Waals surface area contributed by atoms with Crippen LogP contribution < -0.4 is 15.8 Å². The van der Waals surface area contributed by atoms with E-state index in [1.165, 1.54) is 0 Å². The third kappa shape index (κ3) is 7.13. The molecule has 0 fully saturated rings. The summed E-state index contributed by atoms with van der Waals surface area (Å²) in [6.45, 7) is 8.04. The van der Waals surface area contributed by atoms with Gasteiger partial charge in [0.2, 0.25) is 5.91 Å². The first-order chi connectivity index (χ1) is 11.8. The molecule has 140 valence electrons. The number of hydrogen-bond acceptors (Lipinski definition) is 4. The van der Waals surface area contributed by atoms with Crippen molar-refractivity contribution in [1.29, 1.82) is 0 Å². The van der Waals surface area contributed by atoms with Crippen LogP contribution in [0.4, 0.5) is 0 Å². The SMILES string of the molecule is CCOc1ccccc1C(=O)NCCCC(=O)N(C)CC(C)(C)CN. The molecule has 1 rings (SSSR count). The molecule has 0 radical (unpaired) electrons. The number of ether oxygens (including phenoxy) is 1. The number of carbonyl (C=O) groups excluding carboxylic acids is 2. The van der Waals surface area contributed by atoms with Crippen LogP contribution in [0, 0.1) is 5.41 Å². The van der Waals surface area contributed by atoms with E-state index in [4.69, 9.17) is 10.5 Å². The molecule has 3 N–H and O–H groups in total. The van der Waals surface area contributed by atoms with Crippen molar-refractivity contribution >= 4 is 11.8 Å². The van der Waals surface area contributed by atoms with Crippen LogP contribution in [-0.4, -0.2) is 50.0 Å². The zero-order chi connectivity index (χ0) is 18.9. The monoisotopic (exact) mass is 349 g/mol. The van der Waals surface area contributed by atoms with Crippen LogP contribution in [0.1, 0.15) is 44.0 Å². The number of hydrogen-bond donors (Lipinski definition) is 2. The molecule has 25 heavy (non-hydrogen) atoms. The highest BCUT2D eigenvalue weighted by atomic mass is 16.5. The van der Waals surface area contributed by atoms with Crippen LogP contribution in [0.2, 0.25) is 0 Å². The molecule has 0 aromatic heterocycles. The van der Waals surface area contributed by atoms with Gasteiger partial charge in [-0.2, -0.15) is 0 Å². The maximum absolute atomic E-state index is 12.2. The number of nitrogens with one attached hydrogen (secondary N) is 1. The fraction of sp³-hybridized carbons (Fsp3) is 0.579. The molecule has 1 aromatic carbocycles. The van der Waals surface area contributed by atoms with Gasteiger partial charge in [0.1, 0.15) is 5.75 Å². The van der Waals surface area contributed by atoms with Crippen LogP contribution in [-0.2, 0) is 4.79 Å². The van der Waals surface area contributed by atoms with Crippen molar-refractivity contribution in [3.8, 4) is 5.75 Å². The molecule has 0 aliphatic heterocycles. The Kier molecular flexibility index (Phi) is 8.41. The van der Waals surface area contributed by atoms with Gasteiger partial charge in [-0.05, 0) is 37.4 Å². The average molecular weight is 349 g/mol. The van der Waals surface area contributed by atoms with Gasteiger partial charge < -0.3 is 20.7 Å². The lowest BCUT2D eigenvalue weighted by molar-refractivity contribution is -0.131. The van der Waals surface area contributed by atoms with Gasteiger partial charge in [0.05, 0.1) is 12.2 Å². The maximum Gasteiger partial charge on any atom is 0.255 e. The van der Waals surface area contributed by atoms with E-state index in [-0.39, 0.29) is 17.2 Å². The van der Waals surface area contributed by atoms with Crippen molar-refractivity contribution in [3.05, 3.63) is 29.8 Å². The Morgan fingerprint density at radius 3 is 2.60 bits per heavy atom. The van der Waals surface area contributed by atoms with Crippen molar-refractivity contribution in [2.45, 2.75) is 33.6 Å². The Hall–Kier alpha value is -2.08. The molecule has 0 aliphatic carbocycles. The quantitative estimate of drug-likeness (QED) is 0.633. The molecule has 0 heterocycles. The lowest BCUT2D eigenvalue weighted by Crippen LogP contribution is -2.40. The Bertz CT molecular complexity index is 573. The van der Waals surface area contributed by atoms with Crippen LogP contribution in [0.5, 0.6) is 5.75 Å². The minimum absolute atomic E-state index is 0.0606. The summed E-state index contributed by atoms with van der Waals surface area (Å²) in [7, 11) is 1.79. The Morgan fingerprint density at radius 2 is 1.96 bits per heavy atom. The molecule has 0 saturated carbocycles. The van der Waals surface area contributed by atoms with E-state index in [1.54, 1.807) is 30.1 Å². The fourth-order valence-corrected chi connectivity index (χ4v) is 2.46. The molecule has 1 aromatic rings. The van der Waals surface area contributed by atoms with Gasteiger partial charge in [-0.15, -0.1) is 0 Å².